The highest BCUT2D eigenvalue weighted by Gasteiger charge is 2.71. The smallest absolute Gasteiger partial charge is 0.333 e. The van der Waals surface area contributed by atoms with Crippen LogP contribution in [0.4, 0.5) is 5.69 Å². The number of para-hydroxylation sites is 1. The number of hydrogen-bond donors (Lipinski definition) is 4. The molecule has 1 unspecified atom stereocenters. The molecule has 3 heterocycles. The molecule has 3 aliphatic heterocycles. The van der Waals surface area contributed by atoms with Gasteiger partial charge in [-0.25, -0.2) is 4.79 Å². The number of aliphatic carboxylic acids is 1. The molecule has 0 saturated carbocycles. The van der Waals surface area contributed by atoms with E-state index in [9.17, 15) is 25.3 Å². The van der Waals surface area contributed by atoms with E-state index in [2.05, 4.69) is 5.32 Å². The number of hydroxylamine groups is 3. The zero-order valence-corrected chi connectivity index (χ0v) is 14.5. The summed E-state index contributed by atoms with van der Waals surface area (Å²) in [5.41, 5.74) is 0.101. The Balaban J connectivity index is 1.84. The van der Waals surface area contributed by atoms with Crippen LogP contribution in [-0.4, -0.2) is 56.8 Å². The Bertz CT molecular complexity index is 867. The second kappa shape index (κ2) is 4.67. The molecular formula is C19H22N2O5. The maximum absolute atomic E-state index is 13.7. The first-order chi connectivity index (χ1) is 12.2. The number of fused-ring (bicyclic) bond motifs is 2. The number of piperidine rings is 1. The number of nitrogens with zero attached hydrogens (tertiary/aromatic N) is 1. The Labute approximate surface area is 150 Å². The number of hydrogen-bond acceptors (Lipinski definition) is 5. The zero-order valence-electron chi connectivity index (χ0n) is 14.5. The van der Waals surface area contributed by atoms with Crippen LogP contribution in [0.5, 0.6) is 0 Å². The summed E-state index contributed by atoms with van der Waals surface area (Å²) >= 11 is 0. The van der Waals surface area contributed by atoms with E-state index in [1.165, 1.54) is 6.92 Å². The quantitative estimate of drug-likeness (QED) is 0.462. The number of nitrogens with one attached hydrogen (secondary N) is 1. The summed E-state index contributed by atoms with van der Waals surface area (Å²) in [6.07, 6.45) is -0.379. The fraction of sp³-hybridized carbons (Fsp3) is 0.526. The average Bonchev–Trinajstić information content (AvgIpc) is 3.08. The molecule has 6 atom stereocenters. The highest BCUT2D eigenvalue weighted by atomic mass is 16.6. The predicted molar refractivity (Wildman–Crippen MR) is 92.9 cm³/mol. The van der Waals surface area contributed by atoms with E-state index >= 15 is 0 Å². The van der Waals surface area contributed by atoms with E-state index in [-0.39, 0.29) is 24.6 Å². The predicted octanol–water partition coefficient (Wildman–Crippen LogP) is 0.921. The van der Waals surface area contributed by atoms with E-state index in [1.54, 1.807) is 0 Å². The number of carbonyl (C=O) groups is 1. The van der Waals surface area contributed by atoms with E-state index in [1.807, 2.05) is 24.3 Å². The number of anilines is 1. The molecule has 7 heteroatoms. The molecule has 1 spiro atoms. The molecular weight excluding hydrogens is 336 g/mol. The second-order valence-electron chi connectivity index (χ2n) is 8.29. The first-order valence-electron chi connectivity index (χ1n) is 9.07. The summed E-state index contributed by atoms with van der Waals surface area (Å²) in [5, 5.41) is 48.4. The number of quaternary nitrogens is 1. The van der Waals surface area contributed by atoms with Crippen molar-refractivity contribution in [2.24, 2.45) is 5.92 Å². The van der Waals surface area contributed by atoms with E-state index in [4.69, 9.17) is 0 Å². The van der Waals surface area contributed by atoms with Gasteiger partial charge in [0.2, 0.25) is 0 Å². The number of carboxylic acid groups (broad SMARTS) is 1. The van der Waals surface area contributed by atoms with Crippen LogP contribution in [0.1, 0.15) is 25.3 Å². The second-order valence-corrected chi connectivity index (χ2v) is 8.29. The summed E-state index contributed by atoms with van der Waals surface area (Å²) in [4.78, 5) is 12.2. The van der Waals surface area contributed by atoms with Crippen molar-refractivity contribution in [1.82, 2.24) is 0 Å². The van der Waals surface area contributed by atoms with Gasteiger partial charge < -0.3 is 30.5 Å². The Hall–Kier alpha value is -1.93. The average molecular weight is 358 g/mol. The SMILES string of the molecule is C[C@H](O)[C@]1(O)C[N+]2([O-])CC[C@]34C(=C(C(=O)O)[C@@H]1C[C@H]32)Nc1ccccc14. The normalized spacial score (nSPS) is 43.5. The summed E-state index contributed by atoms with van der Waals surface area (Å²) in [7, 11) is 0. The van der Waals surface area contributed by atoms with Gasteiger partial charge in [-0.2, -0.15) is 0 Å². The molecule has 1 aromatic carbocycles. The Morgan fingerprint density at radius 1 is 1.42 bits per heavy atom. The van der Waals surface area contributed by atoms with Crippen LogP contribution in [0.3, 0.4) is 0 Å². The number of carboxylic acids is 1. The molecule has 7 nitrogen and oxygen atoms in total. The lowest BCUT2D eigenvalue weighted by molar-refractivity contribution is -0.909. The standard InChI is InChI=1S/C19H22N2O5/c1-10(22)19(25)9-21(26)7-6-18-11-4-2-3-5-13(11)20-16(18)15(17(23)24)12(19)8-14(18)21/h2-5,10,12,14,20,22,25H,6-9H2,1H3,(H,23,24)/t10-,12-,14+,18+,19+,21?/m0/s1. The molecule has 0 radical (unpaired) electrons. The Kier molecular flexibility index (Phi) is 2.92. The van der Waals surface area contributed by atoms with Gasteiger partial charge >= 0.3 is 5.97 Å². The van der Waals surface area contributed by atoms with Crippen LogP contribution in [-0.2, 0) is 10.2 Å². The number of benzene rings is 1. The summed E-state index contributed by atoms with van der Waals surface area (Å²) in [6, 6.07) is 7.32. The third-order valence-electron chi connectivity index (χ3n) is 7.29. The minimum atomic E-state index is -1.74. The van der Waals surface area contributed by atoms with Gasteiger partial charge in [-0.15, -0.1) is 0 Å². The third kappa shape index (κ3) is 1.61. The maximum Gasteiger partial charge on any atom is 0.333 e. The van der Waals surface area contributed by atoms with E-state index in [0.29, 0.717) is 18.7 Å². The molecule has 0 amide bonds. The minimum absolute atomic E-state index is 0.119. The van der Waals surface area contributed by atoms with Gasteiger partial charge in [-0.05, 0) is 18.6 Å². The summed E-state index contributed by atoms with van der Waals surface area (Å²) < 4.78 is -0.579. The van der Waals surface area contributed by atoms with Crippen molar-refractivity contribution in [3.8, 4) is 0 Å². The van der Waals surface area contributed by atoms with E-state index < -0.39 is 33.7 Å². The van der Waals surface area contributed by atoms with Crippen molar-refractivity contribution < 1.29 is 24.8 Å². The molecule has 1 aromatic rings. The Morgan fingerprint density at radius 3 is 2.85 bits per heavy atom. The van der Waals surface area contributed by atoms with Crippen LogP contribution in [0.2, 0.25) is 0 Å². The van der Waals surface area contributed by atoms with Crippen molar-refractivity contribution >= 4 is 11.7 Å². The zero-order chi connectivity index (χ0) is 18.5. The first kappa shape index (κ1) is 16.3. The van der Waals surface area contributed by atoms with Crippen LogP contribution in [0.25, 0.3) is 0 Å². The molecule has 2 bridgehead atoms. The minimum Gasteiger partial charge on any atom is -0.632 e. The fourth-order valence-electron chi connectivity index (χ4n) is 6.14. The van der Waals surface area contributed by atoms with Crippen molar-refractivity contribution in [3.63, 3.8) is 0 Å². The first-order valence-corrected chi connectivity index (χ1v) is 9.07. The number of aliphatic hydroxyl groups excluding tert-OH is 1. The van der Waals surface area contributed by atoms with Crippen molar-refractivity contribution in [2.75, 3.05) is 18.4 Å². The third-order valence-corrected chi connectivity index (χ3v) is 7.29. The monoisotopic (exact) mass is 358 g/mol. The molecule has 5 rings (SSSR count). The number of rotatable bonds is 2. The highest BCUT2D eigenvalue weighted by Crippen LogP contribution is 2.64. The molecule has 26 heavy (non-hydrogen) atoms. The molecule has 4 aliphatic rings. The van der Waals surface area contributed by atoms with Crippen molar-refractivity contribution in [1.29, 1.82) is 0 Å². The highest BCUT2D eigenvalue weighted by molar-refractivity contribution is 5.92. The van der Waals surface area contributed by atoms with Crippen LogP contribution in [0.15, 0.2) is 35.5 Å². The largest absolute Gasteiger partial charge is 0.632 e. The molecule has 2 saturated heterocycles. The van der Waals surface area contributed by atoms with E-state index in [0.717, 1.165) is 11.3 Å². The molecule has 1 aliphatic carbocycles. The molecule has 2 fully saturated rings. The molecule has 0 aromatic heterocycles. The van der Waals surface area contributed by atoms with Crippen LogP contribution in [0, 0.1) is 11.1 Å². The maximum atomic E-state index is 13.7. The van der Waals surface area contributed by atoms with Gasteiger partial charge in [0.15, 0.2) is 0 Å². The van der Waals surface area contributed by atoms with Gasteiger partial charge in [0.25, 0.3) is 0 Å². The van der Waals surface area contributed by atoms with Crippen molar-refractivity contribution in [3.05, 3.63) is 46.3 Å². The van der Waals surface area contributed by atoms with Crippen LogP contribution >= 0.6 is 0 Å². The fourth-order valence-corrected chi connectivity index (χ4v) is 6.14. The lowest BCUT2D eigenvalue weighted by atomic mass is 9.58. The van der Waals surface area contributed by atoms with Crippen molar-refractivity contribution in [2.45, 2.75) is 42.9 Å². The van der Waals surface area contributed by atoms with Gasteiger partial charge in [-0.1, -0.05) is 18.2 Å². The summed E-state index contributed by atoms with van der Waals surface area (Å²) in [6.45, 7) is 1.57. The number of aliphatic hydroxyl groups is 2. The lowest BCUT2D eigenvalue weighted by Gasteiger charge is -2.60. The summed E-state index contributed by atoms with van der Waals surface area (Å²) in [5.74, 6) is -1.87. The molecule has 4 N–H and O–H groups in total. The lowest BCUT2D eigenvalue weighted by Crippen LogP contribution is -2.71. The van der Waals surface area contributed by atoms with Gasteiger partial charge in [0.1, 0.15) is 18.2 Å². The van der Waals surface area contributed by atoms with Gasteiger partial charge in [0.05, 0.1) is 23.6 Å². The van der Waals surface area contributed by atoms with Gasteiger partial charge in [-0.3, -0.25) is 0 Å². The molecule has 138 valence electrons. The van der Waals surface area contributed by atoms with Gasteiger partial charge in [0, 0.05) is 30.1 Å². The topological polar surface area (TPSA) is 113 Å². The van der Waals surface area contributed by atoms with Crippen LogP contribution < -0.4 is 5.32 Å². The Morgan fingerprint density at radius 2 is 2.15 bits per heavy atom.